The van der Waals surface area contributed by atoms with Crippen LogP contribution in [0.4, 0.5) is 0 Å². The fraction of sp³-hybridized carbons (Fsp3) is 0.944. The molecule has 0 aromatic rings. The zero-order chi connectivity index (χ0) is 34.2. The molecule has 5 fully saturated rings. The predicted molar refractivity (Wildman–Crippen MR) is 171 cm³/mol. The van der Waals surface area contributed by atoms with Crippen molar-refractivity contribution in [2.24, 2.45) is 45.3 Å². The molecule has 4 saturated carbocycles. The molecule has 266 valence electrons. The molecule has 0 amide bonds. The second kappa shape index (κ2) is 12.6. The van der Waals surface area contributed by atoms with E-state index in [4.69, 9.17) is 9.47 Å². The van der Waals surface area contributed by atoms with Crippen molar-refractivity contribution in [2.75, 3.05) is 13.2 Å². The fourth-order valence-corrected chi connectivity index (χ4v) is 11.8. The number of aliphatic hydroxyl groups excluding tert-OH is 8. The molecule has 5 aliphatic rings. The average molecular weight is 655 g/mol. The highest BCUT2D eigenvalue weighted by atomic mass is 16.7. The zero-order valence-electron chi connectivity index (χ0n) is 29.0. The Morgan fingerprint density at radius 2 is 1.50 bits per heavy atom. The lowest BCUT2D eigenvalue weighted by Gasteiger charge is -2.71. The van der Waals surface area contributed by atoms with Gasteiger partial charge < -0.3 is 50.3 Å². The van der Waals surface area contributed by atoms with Gasteiger partial charge in [0.15, 0.2) is 6.29 Å². The summed E-state index contributed by atoms with van der Waals surface area (Å²) in [7, 11) is 0. The van der Waals surface area contributed by atoms with E-state index < -0.39 is 66.6 Å². The molecular weight excluding hydrogens is 592 g/mol. The maximum absolute atomic E-state index is 12.3. The van der Waals surface area contributed by atoms with Gasteiger partial charge in [-0.1, -0.05) is 46.3 Å². The minimum Gasteiger partial charge on any atom is -0.394 e. The lowest BCUT2D eigenvalue weighted by Crippen LogP contribution is -2.70. The molecule has 0 radical (unpaired) electrons. The smallest absolute Gasteiger partial charge is 0.187 e. The van der Waals surface area contributed by atoms with E-state index in [9.17, 15) is 40.9 Å². The second-order valence-corrected chi connectivity index (χ2v) is 17.3. The second-order valence-electron chi connectivity index (χ2n) is 17.3. The molecule has 1 heterocycles. The Balaban J connectivity index is 1.50. The first kappa shape index (κ1) is 36.6. The molecule has 8 N–H and O–H groups in total. The molecule has 10 nitrogen and oxygen atoms in total. The van der Waals surface area contributed by atoms with Crippen molar-refractivity contribution in [3.05, 3.63) is 11.6 Å². The van der Waals surface area contributed by atoms with Crippen molar-refractivity contribution >= 4 is 0 Å². The fourth-order valence-electron chi connectivity index (χ4n) is 11.8. The molecule has 0 aromatic heterocycles. The molecule has 4 aliphatic carbocycles. The summed E-state index contributed by atoms with van der Waals surface area (Å²) >= 11 is 0. The van der Waals surface area contributed by atoms with Crippen LogP contribution in [0.1, 0.15) is 99.8 Å². The van der Waals surface area contributed by atoms with Gasteiger partial charge in [0.05, 0.1) is 37.1 Å². The highest BCUT2D eigenvalue weighted by Gasteiger charge is 2.73. The summed E-state index contributed by atoms with van der Waals surface area (Å²) < 4.78 is 12.5. The first-order valence-corrected chi connectivity index (χ1v) is 17.6. The van der Waals surface area contributed by atoms with Gasteiger partial charge in [-0.2, -0.15) is 0 Å². The summed E-state index contributed by atoms with van der Waals surface area (Å²) in [6, 6.07) is 0. The number of allylic oxidation sites excluding steroid dienone is 1. The maximum atomic E-state index is 12.3. The molecule has 46 heavy (non-hydrogen) atoms. The summed E-state index contributed by atoms with van der Waals surface area (Å²) in [6.45, 7) is 14.3. The van der Waals surface area contributed by atoms with E-state index in [-0.39, 0.29) is 46.5 Å². The molecule has 16 unspecified atom stereocenters. The van der Waals surface area contributed by atoms with Crippen LogP contribution < -0.4 is 0 Å². The molecule has 0 bridgehead atoms. The Labute approximate surface area is 274 Å². The van der Waals surface area contributed by atoms with Gasteiger partial charge in [0.1, 0.15) is 24.4 Å². The third-order valence-corrected chi connectivity index (χ3v) is 14.9. The van der Waals surface area contributed by atoms with Crippen LogP contribution >= 0.6 is 0 Å². The number of ether oxygens (including phenoxy) is 2. The van der Waals surface area contributed by atoms with Crippen molar-refractivity contribution in [3.8, 4) is 0 Å². The average Bonchev–Trinajstić information content (AvgIpc) is 3.38. The van der Waals surface area contributed by atoms with Crippen molar-refractivity contribution in [1.29, 1.82) is 0 Å². The summed E-state index contributed by atoms with van der Waals surface area (Å²) in [5.41, 5.74) is -1.44. The maximum Gasteiger partial charge on any atom is 0.187 e. The number of rotatable bonds is 8. The number of hydrogen-bond donors (Lipinski definition) is 8. The Kier molecular flexibility index (Phi) is 10.0. The van der Waals surface area contributed by atoms with Crippen LogP contribution in [0.25, 0.3) is 0 Å². The molecular formula is C36H62O10. The summed E-state index contributed by atoms with van der Waals surface area (Å²) in [6.07, 6.45) is -1.64. The third kappa shape index (κ3) is 5.37. The minimum atomic E-state index is -1.56. The van der Waals surface area contributed by atoms with Gasteiger partial charge in [-0.25, -0.2) is 0 Å². The first-order valence-electron chi connectivity index (χ1n) is 17.6. The van der Waals surface area contributed by atoms with Crippen LogP contribution in [0, 0.1) is 45.3 Å². The molecule has 10 heteroatoms. The molecule has 1 aliphatic heterocycles. The first-order chi connectivity index (χ1) is 21.3. The van der Waals surface area contributed by atoms with Gasteiger partial charge in [-0.15, -0.1) is 0 Å². The van der Waals surface area contributed by atoms with E-state index in [2.05, 4.69) is 34.6 Å². The molecule has 5 rings (SSSR count). The van der Waals surface area contributed by atoms with Crippen molar-refractivity contribution in [3.63, 3.8) is 0 Å². The van der Waals surface area contributed by atoms with Gasteiger partial charge in [-0.05, 0) is 98.7 Å². The molecule has 0 aromatic carbocycles. The van der Waals surface area contributed by atoms with Crippen LogP contribution in [0.5, 0.6) is 0 Å². The van der Waals surface area contributed by atoms with E-state index in [1.54, 1.807) is 0 Å². The van der Waals surface area contributed by atoms with E-state index in [0.29, 0.717) is 25.7 Å². The number of fused-ring (bicyclic) bond motifs is 5. The van der Waals surface area contributed by atoms with Crippen LogP contribution in [-0.4, -0.2) is 109 Å². The van der Waals surface area contributed by atoms with Gasteiger partial charge >= 0.3 is 0 Å². The summed E-state index contributed by atoms with van der Waals surface area (Å²) in [5.74, 6) is -0.155. The molecule has 0 spiro atoms. The Bertz CT molecular complexity index is 1130. The van der Waals surface area contributed by atoms with Crippen LogP contribution in [0.2, 0.25) is 0 Å². The normalized spacial score (nSPS) is 51.9. The predicted octanol–water partition coefficient (Wildman–Crippen LogP) is 2.27. The van der Waals surface area contributed by atoms with Crippen LogP contribution in [0.15, 0.2) is 11.6 Å². The highest BCUT2D eigenvalue weighted by molar-refractivity contribution is 5.21. The number of hydrogen-bond acceptors (Lipinski definition) is 10. The number of aliphatic hydroxyl groups is 8. The largest absolute Gasteiger partial charge is 0.394 e. The zero-order valence-corrected chi connectivity index (χ0v) is 29.0. The molecule has 1 saturated heterocycles. The van der Waals surface area contributed by atoms with Gasteiger partial charge in [0.2, 0.25) is 0 Å². The van der Waals surface area contributed by atoms with Gasteiger partial charge in [-0.3, -0.25) is 0 Å². The van der Waals surface area contributed by atoms with Crippen molar-refractivity contribution in [1.82, 2.24) is 0 Å². The summed E-state index contributed by atoms with van der Waals surface area (Å²) in [4.78, 5) is 0. The van der Waals surface area contributed by atoms with E-state index >= 15 is 0 Å². The monoisotopic (exact) mass is 654 g/mol. The Morgan fingerprint density at radius 3 is 2.13 bits per heavy atom. The Hall–Kier alpha value is -0.660. The van der Waals surface area contributed by atoms with Crippen LogP contribution in [-0.2, 0) is 9.47 Å². The lowest BCUT2D eigenvalue weighted by atomic mass is 9.34. The van der Waals surface area contributed by atoms with Gasteiger partial charge in [0.25, 0.3) is 0 Å². The topological polar surface area (TPSA) is 180 Å². The van der Waals surface area contributed by atoms with Crippen LogP contribution in [0.3, 0.4) is 0 Å². The SMILES string of the molecule is CC(=CCCC(C)(OC1OC(CO)C(O)C(O)C1O)C1CCC2(C)C1C(O)CC1C3(C)C(O)CC(O)C(C)(C)C3CCC12C)CO. The van der Waals surface area contributed by atoms with Crippen molar-refractivity contribution in [2.45, 2.75) is 154 Å². The highest BCUT2D eigenvalue weighted by Crippen LogP contribution is 2.76. The quantitative estimate of drug-likeness (QED) is 0.181. The lowest BCUT2D eigenvalue weighted by molar-refractivity contribution is -0.336. The van der Waals surface area contributed by atoms with E-state index in [0.717, 1.165) is 31.3 Å². The minimum absolute atomic E-state index is 0.0447. The van der Waals surface area contributed by atoms with E-state index in [1.807, 2.05) is 19.9 Å². The Morgan fingerprint density at radius 1 is 0.848 bits per heavy atom. The van der Waals surface area contributed by atoms with E-state index in [1.165, 1.54) is 0 Å². The van der Waals surface area contributed by atoms with Gasteiger partial charge in [0, 0.05) is 11.8 Å². The summed E-state index contributed by atoms with van der Waals surface area (Å²) in [5, 5.41) is 86.3. The standard InChI is InChI=1S/C36H62O10/c1-19(17-37)9-8-12-35(6,46-31-30(44)29(43)28(42)22(18-38)45-31)20-10-13-34(5)27(20)21(39)15-24-33(34,4)14-11-23-32(2,3)25(40)16-26(41)36(23,24)7/h9,20-31,37-44H,8,10-18H2,1-7H3. The molecule has 16 atom stereocenters. The third-order valence-electron chi connectivity index (χ3n) is 14.9. The van der Waals surface area contributed by atoms with Crippen molar-refractivity contribution < 1.29 is 50.3 Å².